The van der Waals surface area contributed by atoms with Crippen molar-refractivity contribution in [2.75, 3.05) is 5.32 Å². The average molecular weight is 238 g/mol. The second-order valence-corrected chi connectivity index (χ2v) is 4.26. The Bertz CT molecular complexity index is 554. The van der Waals surface area contributed by atoms with Crippen LogP contribution in [0.3, 0.4) is 0 Å². The Morgan fingerprint density at radius 3 is 2.88 bits per heavy atom. The summed E-state index contributed by atoms with van der Waals surface area (Å²) in [7, 11) is 0. The Kier molecular flexibility index (Phi) is 2.17. The predicted octanol–water partition coefficient (Wildman–Crippen LogP) is 3.00. The number of halogens is 2. The number of fused-ring (bicyclic) bond motifs is 1. The molecule has 0 amide bonds. The van der Waals surface area contributed by atoms with E-state index in [2.05, 4.69) is 15.3 Å². The first-order chi connectivity index (χ1) is 7.72. The summed E-state index contributed by atoms with van der Waals surface area (Å²) < 4.78 is 13.2. The third-order valence-corrected chi connectivity index (χ3v) is 2.72. The number of nitrogens with zero attached hydrogens (tertiary/aromatic N) is 2. The summed E-state index contributed by atoms with van der Waals surface area (Å²) in [5.41, 5.74) is 0.657. The van der Waals surface area contributed by atoms with Crippen molar-refractivity contribution in [2.45, 2.75) is 18.9 Å². The molecule has 1 aliphatic carbocycles. The van der Waals surface area contributed by atoms with Gasteiger partial charge in [0.15, 0.2) is 0 Å². The van der Waals surface area contributed by atoms with Crippen molar-refractivity contribution >= 4 is 28.3 Å². The number of hydrogen-bond donors (Lipinski definition) is 1. The standard InChI is InChI=1S/C11H9ClFN3/c12-11-15-9-4-1-6(13)5-8(9)10(16-11)14-7-2-3-7/h1,4-5,7H,2-3H2,(H,14,15,16). The van der Waals surface area contributed by atoms with Crippen LogP contribution in [0.5, 0.6) is 0 Å². The van der Waals surface area contributed by atoms with E-state index < -0.39 is 0 Å². The summed E-state index contributed by atoms with van der Waals surface area (Å²) in [4.78, 5) is 8.15. The van der Waals surface area contributed by atoms with Crippen LogP contribution in [0.4, 0.5) is 10.2 Å². The Hall–Kier alpha value is -1.42. The van der Waals surface area contributed by atoms with Gasteiger partial charge in [-0.3, -0.25) is 0 Å². The highest BCUT2D eigenvalue weighted by molar-refractivity contribution is 6.28. The lowest BCUT2D eigenvalue weighted by atomic mass is 10.2. The molecule has 1 aromatic carbocycles. The summed E-state index contributed by atoms with van der Waals surface area (Å²) in [5.74, 6) is 0.328. The monoisotopic (exact) mass is 237 g/mol. The van der Waals surface area contributed by atoms with E-state index in [1.54, 1.807) is 6.07 Å². The maximum atomic E-state index is 13.2. The molecule has 16 heavy (non-hydrogen) atoms. The van der Waals surface area contributed by atoms with Crippen molar-refractivity contribution < 1.29 is 4.39 Å². The lowest BCUT2D eigenvalue weighted by Crippen LogP contribution is -2.04. The highest BCUT2D eigenvalue weighted by Crippen LogP contribution is 2.29. The van der Waals surface area contributed by atoms with Gasteiger partial charge in [0.1, 0.15) is 11.6 Å². The van der Waals surface area contributed by atoms with Crippen LogP contribution in [0.1, 0.15) is 12.8 Å². The molecule has 0 atom stereocenters. The maximum absolute atomic E-state index is 13.2. The van der Waals surface area contributed by atoms with Gasteiger partial charge in [-0.1, -0.05) is 0 Å². The van der Waals surface area contributed by atoms with Crippen LogP contribution in [0, 0.1) is 5.82 Å². The van der Waals surface area contributed by atoms with E-state index >= 15 is 0 Å². The van der Waals surface area contributed by atoms with Gasteiger partial charge < -0.3 is 5.32 Å². The van der Waals surface area contributed by atoms with Crippen molar-refractivity contribution in [1.29, 1.82) is 0 Å². The molecule has 1 aromatic heterocycles. The molecule has 2 aromatic rings. The molecule has 1 N–H and O–H groups in total. The van der Waals surface area contributed by atoms with Gasteiger partial charge in [0.05, 0.1) is 5.52 Å². The molecule has 1 heterocycles. The van der Waals surface area contributed by atoms with Crippen LogP contribution in [0.25, 0.3) is 10.9 Å². The fraction of sp³-hybridized carbons (Fsp3) is 0.273. The number of anilines is 1. The summed E-state index contributed by atoms with van der Waals surface area (Å²) in [5, 5.41) is 4.08. The Morgan fingerprint density at radius 2 is 2.12 bits per heavy atom. The van der Waals surface area contributed by atoms with Gasteiger partial charge in [0.2, 0.25) is 5.28 Å². The molecule has 82 valence electrons. The van der Waals surface area contributed by atoms with Gasteiger partial charge in [-0.2, -0.15) is 0 Å². The van der Waals surface area contributed by atoms with Gasteiger partial charge >= 0.3 is 0 Å². The normalized spacial score (nSPS) is 15.4. The van der Waals surface area contributed by atoms with Crippen LogP contribution in [-0.2, 0) is 0 Å². The van der Waals surface area contributed by atoms with E-state index in [9.17, 15) is 4.39 Å². The van der Waals surface area contributed by atoms with Gasteiger partial charge in [0.25, 0.3) is 0 Å². The lowest BCUT2D eigenvalue weighted by Gasteiger charge is -2.07. The molecule has 5 heteroatoms. The van der Waals surface area contributed by atoms with Crippen molar-refractivity contribution in [3.8, 4) is 0 Å². The first-order valence-electron chi connectivity index (χ1n) is 5.12. The SMILES string of the molecule is Fc1ccc2nc(Cl)nc(NC3CC3)c2c1. The summed E-state index contributed by atoms with van der Waals surface area (Å²) in [6, 6.07) is 4.84. The zero-order valence-corrected chi connectivity index (χ0v) is 9.13. The van der Waals surface area contributed by atoms with Crippen LogP contribution in [0.15, 0.2) is 18.2 Å². The lowest BCUT2D eigenvalue weighted by molar-refractivity contribution is 0.629. The molecule has 0 aliphatic heterocycles. The number of aromatic nitrogens is 2. The molecular weight excluding hydrogens is 229 g/mol. The second-order valence-electron chi connectivity index (χ2n) is 3.92. The van der Waals surface area contributed by atoms with Gasteiger partial charge in [-0.25, -0.2) is 14.4 Å². The molecule has 0 radical (unpaired) electrons. The minimum absolute atomic E-state index is 0.183. The van der Waals surface area contributed by atoms with Gasteiger partial charge in [-0.15, -0.1) is 0 Å². The van der Waals surface area contributed by atoms with E-state index in [0.29, 0.717) is 22.8 Å². The van der Waals surface area contributed by atoms with Gasteiger partial charge in [-0.05, 0) is 42.6 Å². The molecule has 1 fully saturated rings. The van der Waals surface area contributed by atoms with Crippen LogP contribution < -0.4 is 5.32 Å². The zero-order valence-electron chi connectivity index (χ0n) is 8.37. The van der Waals surface area contributed by atoms with E-state index in [1.165, 1.54) is 12.1 Å². The quantitative estimate of drug-likeness (QED) is 0.816. The summed E-state index contributed by atoms with van der Waals surface area (Å²) in [6.45, 7) is 0. The van der Waals surface area contributed by atoms with Crippen molar-refractivity contribution in [3.63, 3.8) is 0 Å². The molecule has 0 unspecified atom stereocenters. The Morgan fingerprint density at radius 1 is 1.31 bits per heavy atom. The number of benzene rings is 1. The summed E-state index contributed by atoms with van der Waals surface area (Å²) in [6.07, 6.45) is 2.25. The van der Waals surface area contributed by atoms with Crippen molar-refractivity contribution in [1.82, 2.24) is 9.97 Å². The fourth-order valence-electron chi connectivity index (χ4n) is 1.60. The summed E-state index contributed by atoms with van der Waals surface area (Å²) >= 11 is 5.81. The zero-order chi connectivity index (χ0) is 11.1. The molecule has 3 rings (SSSR count). The highest BCUT2D eigenvalue weighted by Gasteiger charge is 2.22. The first-order valence-corrected chi connectivity index (χ1v) is 5.49. The van der Waals surface area contributed by atoms with Crippen molar-refractivity contribution in [3.05, 3.63) is 29.3 Å². The largest absolute Gasteiger partial charge is 0.367 e. The van der Waals surface area contributed by atoms with E-state index in [0.717, 1.165) is 12.8 Å². The maximum Gasteiger partial charge on any atom is 0.224 e. The third-order valence-electron chi connectivity index (χ3n) is 2.55. The minimum atomic E-state index is -0.294. The highest BCUT2D eigenvalue weighted by atomic mass is 35.5. The third kappa shape index (κ3) is 1.80. The second kappa shape index (κ2) is 3.56. The van der Waals surface area contributed by atoms with Crippen LogP contribution in [0.2, 0.25) is 5.28 Å². The molecule has 1 saturated carbocycles. The predicted molar refractivity (Wildman–Crippen MR) is 61.2 cm³/mol. The fourth-order valence-corrected chi connectivity index (χ4v) is 1.78. The molecule has 0 spiro atoms. The first kappa shape index (κ1) is 9.78. The Labute approximate surface area is 96.7 Å². The van der Waals surface area contributed by atoms with E-state index in [1.807, 2.05) is 0 Å². The molecule has 0 saturated heterocycles. The molecule has 3 nitrogen and oxygen atoms in total. The van der Waals surface area contributed by atoms with Crippen LogP contribution in [-0.4, -0.2) is 16.0 Å². The number of hydrogen-bond acceptors (Lipinski definition) is 3. The van der Waals surface area contributed by atoms with Gasteiger partial charge in [0, 0.05) is 11.4 Å². The number of nitrogens with one attached hydrogen (secondary N) is 1. The number of rotatable bonds is 2. The molecule has 1 aliphatic rings. The molecular formula is C11H9ClFN3. The molecule has 0 bridgehead atoms. The smallest absolute Gasteiger partial charge is 0.224 e. The van der Waals surface area contributed by atoms with Crippen molar-refractivity contribution in [2.24, 2.45) is 0 Å². The average Bonchev–Trinajstić information content (AvgIpc) is 3.03. The minimum Gasteiger partial charge on any atom is -0.367 e. The topological polar surface area (TPSA) is 37.8 Å². The van der Waals surface area contributed by atoms with Crippen LogP contribution >= 0.6 is 11.6 Å². The van der Waals surface area contributed by atoms with E-state index in [4.69, 9.17) is 11.6 Å². The van der Waals surface area contributed by atoms with E-state index in [-0.39, 0.29) is 11.1 Å². The Balaban J connectivity index is 2.18.